The van der Waals surface area contributed by atoms with E-state index in [4.69, 9.17) is 18.0 Å². The minimum Gasteiger partial charge on any atom is -0.392 e. The van der Waals surface area contributed by atoms with E-state index < -0.39 is 5.41 Å². The number of nitrogens with two attached hydrogens (primary N) is 1. The van der Waals surface area contributed by atoms with Crippen LogP contribution in [-0.2, 0) is 4.79 Å². The van der Waals surface area contributed by atoms with Gasteiger partial charge >= 0.3 is 0 Å². The van der Waals surface area contributed by atoms with Crippen LogP contribution in [0.15, 0.2) is 0 Å². The number of carbonyl (C=O) groups is 1. The molecule has 0 aromatic heterocycles. The zero-order valence-electron chi connectivity index (χ0n) is 10.8. The highest BCUT2D eigenvalue weighted by Gasteiger charge is 2.37. The Labute approximate surface area is 113 Å². The Balaban J connectivity index is 2.68. The van der Waals surface area contributed by atoms with Crippen LogP contribution in [0.4, 0.5) is 0 Å². The Morgan fingerprint density at radius 2 is 2.24 bits per heavy atom. The second-order valence-electron chi connectivity index (χ2n) is 4.83. The van der Waals surface area contributed by atoms with Gasteiger partial charge in [-0.3, -0.25) is 4.79 Å². The monoisotopic (exact) mass is 274 g/mol. The lowest BCUT2D eigenvalue weighted by Gasteiger charge is -2.29. The van der Waals surface area contributed by atoms with Crippen molar-refractivity contribution in [1.82, 2.24) is 5.32 Å². The second kappa shape index (κ2) is 6.05. The van der Waals surface area contributed by atoms with Crippen molar-refractivity contribution in [3.63, 3.8) is 0 Å². The first-order valence-electron chi connectivity index (χ1n) is 6.09. The second-order valence-corrected chi connectivity index (χ2v) is 6.35. The van der Waals surface area contributed by atoms with Gasteiger partial charge in [0.05, 0.1) is 10.4 Å². The molecule has 0 radical (unpaired) electrons. The van der Waals surface area contributed by atoms with E-state index in [1.54, 1.807) is 0 Å². The zero-order valence-corrected chi connectivity index (χ0v) is 12.4. The van der Waals surface area contributed by atoms with Crippen molar-refractivity contribution in [1.29, 1.82) is 0 Å². The van der Waals surface area contributed by atoms with Gasteiger partial charge in [-0.2, -0.15) is 11.8 Å². The van der Waals surface area contributed by atoms with Gasteiger partial charge in [0.1, 0.15) is 0 Å². The molecule has 3 unspecified atom stereocenters. The van der Waals surface area contributed by atoms with Crippen LogP contribution < -0.4 is 11.1 Å². The summed E-state index contributed by atoms with van der Waals surface area (Å²) < 4.78 is 0. The van der Waals surface area contributed by atoms with Crippen LogP contribution in [-0.4, -0.2) is 28.4 Å². The molecule has 1 aliphatic rings. The molecule has 1 amide bonds. The van der Waals surface area contributed by atoms with Crippen molar-refractivity contribution < 1.29 is 4.79 Å². The van der Waals surface area contributed by atoms with E-state index >= 15 is 0 Å². The van der Waals surface area contributed by atoms with Crippen molar-refractivity contribution in [3.05, 3.63) is 0 Å². The number of carbonyl (C=O) groups excluding carboxylic acids is 1. The smallest absolute Gasteiger partial charge is 0.233 e. The molecule has 0 bridgehead atoms. The SMILES string of the molecule is CCC(C)(C(=O)NC1CCCC1SC)C(N)=S. The number of hydrogen-bond donors (Lipinski definition) is 2. The maximum Gasteiger partial charge on any atom is 0.233 e. The fourth-order valence-electron chi connectivity index (χ4n) is 2.15. The summed E-state index contributed by atoms with van der Waals surface area (Å²) in [6.45, 7) is 3.77. The third-order valence-electron chi connectivity index (χ3n) is 3.82. The minimum atomic E-state index is -0.707. The first-order chi connectivity index (χ1) is 7.95. The van der Waals surface area contributed by atoms with Crippen LogP contribution in [0.1, 0.15) is 39.5 Å². The Morgan fingerprint density at radius 1 is 1.59 bits per heavy atom. The molecule has 3 nitrogen and oxygen atoms in total. The molecular formula is C12H22N2OS2. The van der Waals surface area contributed by atoms with Crippen LogP contribution in [0.25, 0.3) is 0 Å². The molecule has 98 valence electrons. The van der Waals surface area contributed by atoms with Gasteiger partial charge < -0.3 is 11.1 Å². The molecule has 0 aliphatic heterocycles. The maximum absolute atomic E-state index is 12.3. The normalized spacial score (nSPS) is 27.5. The highest BCUT2D eigenvalue weighted by Crippen LogP contribution is 2.30. The third kappa shape index (κ3) is 3.13. The quantitative estimate of drug-likeness (QED) is 0.754. The number of rotatable bonds is 5. The fourth-order valence-corrected chi connectivity index (χ4v) is 3.32. The molecule has 1 aliphatic carbocycles. The highest BCUT2D eigenvalue weighted by molar-refractivity contribution is 7.99. The van der Waals surface area contributed by atoms with Gasteiger partial charge in [0.2, 0.25) is 5.91 Å². The van der Waals surface area contributed by atoms with Gasteiger partial charge in [0.15, 0.2) is 0 Å². The lowest BCUT2D eigenvalue weighted by atomic mass is 9.86. The summed E-state index contributed by atoms with van der Waals surface area (Å²) in [5.41, 5.74) is 4.98. The van der Waals surface area contributed by atoms with Crippen molar-refractivity contribution in [2.75, 3.05) is 6.26 Å². The summed E-state index contributed by atoms with van der Waals surface area (Å²) >= 11 is 6.85. The Morgan fingerprint density at radius 3 is 2.71 bits per heavy atom. The zero-order chi connectivity index (χ0) is 13.1. The molecule has 0 aromatic rings. The average Bonchev–Trinajstić information content (AvgIpc) is 2.74. The predicted octanol–water partition coefficient (Wildman–Crippen LogP) is 2.09. The van der Waals surface area contributed by atoms with E-state index in [0.717, 1.165) is 6.42 Å². The third-order valence-corrected chi connectivity index (χ3v) is 5.44. The minimum absolute atomic E-state index is 0.0153. The van der Waals surface area contributed by atoms with E-state index in [2.05, 4.69) is 11.6 Å². The van der Waals surface area contributed by atoms with Crippen LogP contribution in [0.3, 0.4) is 0 Å². The molecule has 3 atom stereocenters. The number of thiocarbonyl (C=S) groups is 1. The standard InChI is InChI=1S/C12H22N2OS2/c1-4-12(2,10(13)16)11(15)14-8-6-5-7-9(8)17-3/h8-9H,4-7H2,1-3H3,(H2,13,16)(H,14,15). The van der Waals surface area contributed by atoms with Crippen molar-refractivity contribution in [2.45, 2.75) is 50.8 Å². The van der Waals surface area contributed by atoms with Gasteiger partial charge in [-0.05, 0) is 32.4 Å². The van der Waals surface area contributed by atoms with Gasteiger partial charge in [0, 0.05) is 11.3 Å². The van der Waals surface area contributed by atoms with E-state index in [9.17, 15) is 4.79 Å². The summed E-state index contributed by atoms with van der Waals surface area (Å²) in [6.07, 6.45) is 6.18. The van der Waals surface area contributed by atoms with Crippen LogP contribution in [0.5, 0.6) is 0 Å². The Bertz CT molecular complexity index is 309. The number of nitrogens with one attached hydrogen (secondary N) is 1. The summed E-state index contributed by atoms with van der Waals surface area (Å²) in [4.78, 5) is 12.6. The van der Waals surface area contributed by atoms with Gasteiger partial charge in [-0.15, -0.1) is 0 Å². The summed E-state index contributed by atoms with van der Waals surface area (Å²) in [5, 5.41) is 3.66. The van der Waals surface area contributed by atoms with Crippen molar-refractivity contribution >= 4 is 34.9 Å². The molecular weight excluding hydrogens is 252 g/mol. The summed E-state index contributed by atoms with van der Waals surface area (Å²) in [7, 11) is 0. The topological polar surface area (TPSA) is 55.1 Å². The first kappa shape index (κ1) is 14.8. The molecule has 5 heteroatoms. The molecule has 1 saturated carbocycles. The molecule has 1 fully saturated rings. The molecule has 17 heavy (non-hydrogen) atoms. The number of hydrogen-bond acceptors (Lipinski definition) is 3. The number of thioether (sulfide) groups is 1. The van der Waals surface area contributed by atoms with Crippen molar-refractivity contribution in [2.24, 2.45) is 11.1 Å². The lowest BCUT2D eigenvalue weighted by Crippen LogP contribution is -2.51. The molecule has 0 spiro atoms. The van der Waals surface area contributed by atoms with Gasteiger partial charge in [0.25, 0.3) is 0 Å². The van der Waals surface area contributed by atoms with Crippen LogP contribution >= 0.6 is 24.0 Å². The predicted molar refractivity (Wildman–Crippen MR) is 78.3 cm³/mol. The Kier molecular flexibility index (Phi) is 5.25. The molecule has 0 aromatic carbocycles. The molecule has 3 N–H and O–H groups in total. The largest absolute Gasteiger partial charge is 0.392 e. The van der Waals surface area contributed by atoms with Crippen LogP contribution in [0, 0.1) is 5.41 Å². The van der Waals surface area contributed by atoms with Gasteiger partial charge in [-0.1, -0.05) is 25.6 Å². The first-order valence-corrected chi connectivity index (χ1v) is 7.79. The molecule has 0 saturated heterocycles. The van der Waals surface area contributed by atoms with E-state index in [-0.39, 0.29) is 16.9 Å². The van der Waals surface area contributed by atoms with E-state index in [1.165, 1.54) is 12.8 Å². The number of amides is 1. The lowest BCUT2D eigenvalue weighted by molar-refractivity contribution is -0.127. The summed E-state index contributed by atoms with van der Waals surface area (Å²) in [5.74, 6) is -0.0153. The highest BCUT2D eigenvalue weighted by atomic mass is 32.2. The van der Waals surface area contributed by atoms with Crippen molar-refractivity contribution in [3.8, 4) is 0 Å². The maximum atomic E-state index is 12.3. The Hall–Kier alpha value is -0.290. The van der Waals surface area contributed by atoms with Gasteiger partial charge in [-0.25, -0.2) is 0 Å². The van der Waals surface area contributed by atoms with E-state index in [0.29, 0.717) is 11.7 Å². The average molecular weight is 274 g/mol. The molecule has 0 heterocycles. The molecule has 1 rings (SSSR count). The van der Waals surface area contributed by atoms with E-state index in [1.807, 2.05) is 25.6 Å². The van der Waals surface area contributed by atoms with Crippen LogP contribution in [0.2, 0.25) is 0 Å². The fraction of sp³-hybridized carbons (Fsp3) is 0.833. The summed E-state index contributed by atoms with van der Waals surface area (Å²) in [6, 6.07) is 0.276.